The molecule has 0 aliphatic rings. The van der Waals surface area contributed by atoms with Crippen LogP contribution in [-0.4, -0.2) is 25.8 Å². The Morgan fingerprint density at radius 1 is 0.808 bits per heavy atom. The smallest absolute Gasteiger partial charge is 0.0465 e. The number of benzene rings is 1. The largest absolute Gasteiger partial charge is 0.385 e. The quantitative estimate of drug-likeness (QED) is 0.297. The van der Waals surface area contributed by atoms with Crippen molar-refractivity contribution in [1.82, 2.24) is 0 Å². The zero-order valence-corrected chi connectivity index (χ0v) is 17.5. The SMILES string of the molecule is CCCCCCC(C)Nc1ccc(NCCCCCCCOCC)cc1. The predicted molar refractivity (Wildman–Crippen MR) is 116 cm³/mol. The average Bonchev–Trinajstić information content (AvgIpc) is 2.65. The van der Waals surface area contributed by atoms with Crippen molar-refractivity contribution in [1.29, 1.82) is 0 Å². The maximum Gasteiger partial charge on any atom is 0.0465 e. The zero-order valence-electron chi connectivity index (χ0n) is 17.5. The van der Waals surface area contributed by atoms with Crippen LogP contribution in [0.5, 0.6) is 0 Å². The molecule has 0 aliphatic heterocycles. The minimum Gasteiger partial charge on any atom is -0.385 e. The Bertz CT molecular complexity index is 419. The van der Waals surface area contributed by atoms with E-state index in [1.54, 1.807) is 0 Å². The van der Waals surface area contributed by atoms with E-state index < -0.39 is 0 Å². The van der Waals surface area contributed by atoms with Gasteiger partial charge in [-0.05, 0) is 57.4 Å². The zero-order chi connectivity index (χ0) is 18.9. The molecule has 2 N–H and O–H groups in total. The molecule has 0 aliphatic carbocycles. The van der Waals surface area contributed by atoms with Crippen LogP contribution in [0.4, 0.5) is 11.4 Å². The fourth-order valence-corrected chi connectivity index (χ4v) is 3.15. The van der Waals surface area contributed by atoms with Gasteiger partial charge in [-0.1, -0.05) is 51.9 Å². The molecular weight excluding hydrogens is 320 g/mol. The monoisotopic (exact) mass is 362 g/mol. The molecule has 0 aromatic heterocycles. The van der Waals surface area contributed by atoms with Gasteiger partial charge in [-0.3, -0.25) is 0 Å². The topological polar surface area (TPSA) is 33.3 Å². The highest BCUT2D eigenvalue weighted by Crippen LogP contribution is 2.16. The molecule has 0 spiro atoms. The lowest BCUT2D eigenvalue weighted by atomic mass is 10.1. The van der Waals surface area contributed by atoms with E-state index in [0.29, 0.717) is 6.04 Å². The minimum absolute atomic E-state index is 0.549. The van der Waals surface area contributed by atoms with Crippen LogP contribution in [0, 0.1) is 0 Å². The van der Waals surface area contributed by atoms with E-state index >= 15 is 0 Å². The van der Waals surface area contributed by atoms with Gasteiger partial charge in [0.15, 0.2) is 0 Å². The van der Waals surface area contributed by atoms with Crippen molar-refractivity contribution in [3.05, 3.63) is 24.3 Å². The summed E-state index contributed by atoms with van der Waals surface area (Å²) in [6, 6.07) is 9.31. The maximum atomic E-state index is 5.36. The summed E-state index contributed by atoms with van der Waals surface area (Å²) in [5, 5.41) is 7.15. The predicted octanol–water partition coefficient (Wildman–Crippen LogP) is 6.86. The Balaban J connectivity index is 2.07. The molecule has 3 heteroatoms. The fourth-order valence-electron chi connectivity index (χ4n) is 3.15. The van der Waals surface area contributed by atoms with Crippen molar-refractivity contribution < 1.29 is 4.74 Å². The summed E-state index contributed by atoms with van der Waals surface area (Å²) in [5.41, 5.74) is 2.45. The minimum atomic E-state index is 0.549. The van der Waals surface area contributed by atoms with Crippen molar-refractivity contribution >= 4 is 11.4 Å². The Morgan fingerprint density at radius 2 is 1.46 bits per heavy atom. The number of anilines is 2. The first-order chi connectivity index (χ1) is 12.8. The fraction of sp³-hybridized carbons (Fsp3) is 0.739. The first-order valence-electron chi connectivity index (χ1n) is 10.9. The summed E-state index contributed by atoms with van der Waals surface area (Å²) in [6.45, 7) is 9.44. The highest BCUT2D eigenvalue weighted by Gasteiger charge is 2.02. The van der Waals surface area contributed by atoms with E-state index in [9.17, 15) is 0 Å². The van der Waals surface area contributed by atoms with Crippen LogP contribution in [0.15, 0.2) is 24.3 Å². The number of nitrogens with one attached hydrogen (secondary N) is 2. The number of ether oxygens (including phenoxy) is 1. The van der Waals surface area contributed by atoms with Crippen LogP contribution < -0.4 is 10.6 Å². The molecule has 26 heavy (non-hydrogen) atoms. The van der Waals surface area contributed by atoms with Gasteiger partial charge in [-0.15, -0.1) is 0 Å². The van der Waals surface area contributed by atoms with Gasteiger partial charge in [0, 0.05) is 37.2 Å². The first-order valence-corrected chi connectivity index (χ1v) is 10.9. The van der Waals surface area contributed by atoms with Crippen molar-refractivity contribution in [3.63, 3.8) is 0 Å². The summed E-state index contributed by atoms with van der Waals surface area (Å²) in [7, 11) is 0. The van der Waals surface area contributed by atoms with Crippen LogP contribution in [0.2, 0.25) is 0 Å². The Labute approximate surface area is 162 Å². The van der Waals surface area contributed by atoms with Crippen molar-refractivity contribution in [2.24, 2.45) is 0 Å². The third-order valence-electron chi connectivity index (χ3n) is 4.79. The summed E-state index contributed by atoms with van der Waals surface area (Å²) in [6.07, 6.45) is 13.0. The van der Waals surface area contributed by atoms with E-state index in [2.05, 4.69) is 55.7 Å². The molecular formula is C23H42N2O. The van der Waals surface area contributed by atoms with Crippen LogP contribution in [0.25, 0.3) is 0 Å². The average molecular weight is 363 g/mol. The Hall–Kier alpha value is -1.22. The summed E-state index contributed by atoms with van der Waals surface area (Å²) < 4.78 is 5.36. The van der Waals surface area contributed by atoms with E-state index in [4.69, 9.17) is 4.74 Å². The molecule has 1 rings (SSSR count). The number of hydrogen-bond acceptors (Lipinski definition) is 3. The van der Waals surface area contributed by atoms with Crippen LogP contribution in [0.1, 0.15) is 85.0 Å². The molecule has 1 aromatic carbocycles. The van der Waals surface area contributed by atoms with Gasteiger partial charge >= 0.3 is 0 Å². The molecule has 1 unspecified atom stereocenters. The number of rotatable bonds is 17. The summed E-state index contributed by atoms with van der Waals surface area (Å²) >= 11 is 0. The molecule has 0 heterocycles. The third-order valence-corrected chi connectivity index (χ3v) is 4.79. The van der Waals surface area contributed by atoms with Gasteiger partial charge in [0.05, 0.1) is 0 Å². The standard InChI is InChI=1S/C23H42N2O/c1-4-6-7-11-14-21(3)25-23-17-15-22(16-18-23)24-19-12-9-8-10-13-20-26-5-2/h15-18,21,24-25H,4-14,19-20H2,1-3H3. The van der Waals surface area contributed by atoms with E-state index in [0.717, 1.165) is 19.8 Å². The second-order valence-corrected chi connectivity index (χ2v) is 7.36. The van der Waals surface area contributed by atoms with E-state index in [-0.39, 0.29) is 0 Å². The third kappa shape index (κ3) is 12.2. The first kappa shape index (κ1) is 22.8. The Kier molecular flexibility index (Phi) is 14.0. The van der Waals surface area contributed by atoms with Gasteiger partial charge in [-0.2, -0.15) is 0 Å². The lowest BCUT2D eigenvalue weighted by molar-refractivity contribution is 0.143. The summed E-state index contributed by atoms with van der Waals surface area (Å²) in [4.78, 5) is 0. The number of hydrogen-bond donors (Lipinski definition) is 2. The van der Waals surface area contributed by atoms with Gasteiger partial charge in [-0.25, -0.2) is 0 Å². The van der Waals surface area contributed by atoms with Crippen molar-refractivity contribution in [3.8, 4) is 0 Å². The molecule has 0 saturated heterocycles. The Morgan fingerprint density at radius 3 is 2.19 bits per heavy atom. The van der Waals surface area contributed by atoms with Gasteiger partial charge in [0.2, 0.25) is 0 Å². The lowest BCUT2D eigenvalue weighted by Crippen LogP contribution is -2.14. The number of unbranched alkanes of at least 4 members (excludes halogenated alkanes) is 7. The highest BCUT2D eigenvalue weighted by atomic mass is 16.5. The second-order valence-electron chi connectivity index (χ2n) is 7.36. The van der Waals surface area contributed by atoms with Crippen LogP contribution >= 0.6 is 0 Å². The molecule has 0 fully saturated rings. The van der Waals surface area contributed by atoms with Crippen molar-refractivity contribution in [2.45, 2.75) is 91.0 Å². The van der Waals surface area contributed by atoms with Gasteiger partial charge in [0.25, 0.3) is 0 Å². The lowest BCUT2D eigenvalue weighted by Gasteiger charge is -2.15. The van der Waals surface area contributed by atoms with E-state index in [1.807, 2.05) is 0 Å². The molecule has 1 atom stereocenters. The maximum absolute atomic E-state index is 5.36. The molecule has 0 bridgehead atoms. The van der Waals surface area contributed by atoms with Crippen molar-refractivity contribution in [2.75, 3.05) is 30.4 Å². The second kappa shape index (κ2) is 16.0. The molecule has 0 radical (unpaired) electrons. The molecule has 3 nitrogen and oxygen atoms in total. The van der Waals surface area contributed by atoms with Crippen LogP contribution in [0.3, 0.4) is 0 Å². The van der Waals surface area contributed by atoms with Gasteiger partial charge < -0.3 is 15.4 Å². The molecule has 0 saturated carbocycles. The highest BCUT2D eigenvalue weighted by molar-refractivity contribution is 5.53. The molecule has 150 valence electrons. The summed E-state index contributed by atoms with van der Waals surface area (Å²) in [5.74, 6) is 0. The molecule has 0 amide bonds. The normalized spacial score (nSPS) is 12.1. The van der Waals surface area contributed by atoms with Gasteiger partial charge in [0.1, 0.15) is 0 Å². The van der Waals surface area contributed by atoms with Crippen LogP contribution in [-0.2, 0) is 4.74 Å². The van der Waals surface area contributed by atoms with E-state index in [1.165, 1.54) is 75.6 Å². The molecule has 1 aromatic rings.